The summed E-state index contributed by atoms with van der Waals surface area (Å²) < 4.78 is 0. The second-order valence-electron chi connectivity index (χ2n) is 13.4. The average molecular weight is 620 g/mol. The van der Waals surface area contributed by atoms with Gasteiger partial charge in [-0.15, -0.1) is 0 Å². The molecule has 5 heterocycles. The fraction of sp³-hybridized carbons (Fsp3) is 0.436. The number of hydrogen-bond donors (Lipinski definition) is 4. The van der Waals surface area contributed by atoms with Gasteiger partial charge in [0.2, 0.25) is 0 Å². The molecule has 7 nitrogen and oxygen atoms in total. The van der Waals surface area contributed by atoms with E-state index in [2.05, 4.69) is 117 Å². The van der Waals surface area contributed by atoms with Gasteiger partial charge in [0.25, 0.3) is 5.69 Å². The highest BCUT2D eigenvalue weighted by Gasteiger charge is 2.43. The zero-order valence-corrected chi connectivity index (χ0v) is 28.4. The normalized spacial score (nSPS) is 17.5. The molecule has 0 spiro atoms. The van der Waals surface area contributed by atoms with Gasteiger partial charge in [-0.2, -0.15) is 0 Å². The number of aromatic amines is 4. The maximum atomic E-state index is 11.9. The quantitative estimate of drug-likeness (QED) is 0.102. The number of hydrogen-bond acceptors (Lipinski definition) is 2. The highest BCUT2D eigenvalue weighted by molar-refractivity contribution is 5.52. The van der Waals surface area contributed by atoms with Crippen molar-refractivity contribution in [1.82, 2.24) is 19.9 Å². The van der Waals surface area contributed by atoms with Crippen molar-refractivity contribution in [3.8, 4) is 0 Å². The summed E-state index contributed by atoms with van der Waals surface area (Å²) >= 11 is 0. The Morgan fingerprint density at radius 1 is 0.522 bits per heavy atom. The number of nitrogens with zero attached hydrogens (tertiary/aromatic N) is 1. The largest absolute Gasteiger partial charge is 0.361 e. The van der Waals surface area contributed by atoms with Gasteiger partial charge >= 0.3 is 0 Å². The molecule has 8 bridgehead atoms. The van der Waals surface area contributed by atoms with E-state index in [1.54, 1.807) is 18.2 Å². The first-order valence-corrected chi connectivity index (χ1v) is 17.2. The second-order valence-corrected chi connectivity index (χ2v) is 13.4. The number of benzene rings is 1. The fourth-order valence-electron chi connectivity index (χ4n) is 8.70. The molecule has 0 atom stereocenters. The molecule has 4 aromatic heterocycles. The van der Waals surface area contributed by atoms with Gasteiger partial charge in [-0.3, -0.25) is 10.1 Å². The zero-order chi connectivity index (χ0) is 32.9. The molecule has 5 aromatic rings. The molecule has 0 radical (unpaired) electrons. The van der Waals surface area contributed by atoms with Gasteiger partial charge in [-0.05, 0) is 99.5 Å². The smallest absolute Gasteiger partial charge is 0.269 e. The van der Waals surface area contributed by atoms with Gasteiger partial charge < -0.3 is 19.9 Å². The van der Waals surface area contributed by atoms with Crippen LogP contribution in [0.5, 0.6) is 0 Å². The highest BCUT2D eigenvalue weighted by atomic mass is 16.6. The molecule has 0 unspecified atom stereocenters. The molecule has 46 heavy (non-hydrogen) atoms. The lowest BCUT2D eigenvalue weighted by Crippen LogP contribution is -2.32. The van der Waals surface area contributed by atoms with Gasteiger partial charge in [0.1, 0.15) is 0 Å². The van der Waals surface area contributed by atoms with Gasteiger partial charge in [0.15, 0.2) is 0 Å². The van der Waals surface area contributed by atoms with Crippen molar-refractivity contribution >= 4 is 5.69 Å². The molecule has 0 amide bonds. The summed E-state index contributed by atoms with van der Waals surface area (Å²) in [4.78, 5) is 27.4. The molecule has 7 heteroatoms. The number of non-ortho nitro benzene ring substituents is 1. The number of nitro groups is 1. The summed E-state index contributed by atoms with van der Waals surface area (Å²) in [5.41, 5.74) is 8.76. The van der Waals surface area contributed by atoms with Crippen LogP contribution in [0.3, 0.4) is 0 Å². The summed E-state index contributed by atoms with van der Waals surface area (Å²) in [5, 5.41) is 11.9. The van der Waals surface area contributed by atoms with Crippen molar-refractivity contribution in [2.24, 2.45) is 0 Å². The van der Waals surface area contributed by atoms with E-state index in [1.807, 2.05) is 6.07 Å². The molecule has 242 valence electrons. The molecule has 1 aliphatic heterocycles. The molecule has 0 saturated heterocycles. The predicted molar refractivity (Wildman–Crippen MR) is 186 cm³/mol. The summed E-state index contributed by atoms with van der Waals surface area (Å²) in [6.07, 6.45) is 5.60. The number of fused-ring (bicyclic) bond motifs is 8. The SMILES string of the molecule is CCC1(CC)c2ccc([nH]2)C(CC)(CC)c2ccc([nH]2)C(C)(c2cccc([N+](=O)[O-])c2)c2ccc([nH]2)C(CC)(CC)c2ccc1[nH]2. The number of nitro benzene ring substituents is 1. The number of rotatable bonds is 8. The lowest BCUT2D eigenvalue weighted by atomic mass is 9.75. The van der Waals surface area contributed by atoms with E-state index in [-0.39, 0.29) is 26.9 Å². The minimum atomic E-state index is -0.707. The van der Waals surface area contributed by atoms with Crippen LogP contribution in [0, 0.1) is 10.1 Å². The van der Waals surface area contributed by atoms with E-state index in [9.17, 15) is 10.1 Å². The Kier molecular flexibility index (Phi) is 7.94. The Labute approximate surface area is 272 Å². The van der Waals surface area contributed by atoms with E-state index < -0.39 is 5.41 Å². The van der Waals surface area contributed by atoms with E-state index in [0.717, 1.165) is 66.9 Å². The average Bonchev–Trinajstić information content (AvgIpc) is 3.92. The molecule has 0 fully saturated rings. The number of H-pyrrole nitrogens is 4. The third-order valence-corrected chi connectivity index (χ3v) is 12.2. The van der Waals surface area contributed by atoms with Crippen LogP contribution in [-0.4, -0.2) is 24.9 Å². The first kappa shape index (κ1) is 31.7. The molecule has 0 saturated carbocycles. The van der Waals surface area contributed by atoms with Crippen LogP contribution >= 0.6 is 0 Å². The van der Waals surface area contributed by atoms with Crippen LogP contribution in [0.25, 0.3) is 0 Å². The van der Waals surface area contributed by atoms with Crippen molar-refractivity contribution in [3.05, 3.63) is 134 Å². The van der Waals surface area contributed by atoms with E-state index in [1.165, 1.54) is 22.8 Å². The molecule has 1 aromatic carbocycles. The van der Waals surface area contributed by atoms with Crippen molar-refractivity contribution in [1.29, 1.82) is 0 Å². The summed E-state index contributed by atoms with van der Waals surface area (Å²) in [5.74, 6) is 0. The molecule has 6 rings (SSSR count). The minimum Gasteiger partial charge on any atom is -0.361 e. The topological polar surface area (TPSA) is 106 Å². The molecule has 0 aliphatic carbocycles. The van der Waals surface area contributed by atoms with Gasteiger partial charge in [0.05, 0.1) is 10.3 Å². The Morgan fingerprint density at radius 2 is 0.826 bits per heavy atom. The standard InChI is InChI=1S/C39H49N5O2/c1-8-37(9-2)30-19-17-28(40-30)36(7,26-15-14-16-27(25-26)44(45)46)29-18-20-31(41-29)38(10-3,11-4)33-22-24-35(43-33)39(12-5,13-6)34-23-21-32(37)42-34/h14-25,40-43H,8-13H2,1-7H3. The third-order valence-electron chi connectivity index (χ3n) is 12.2. The van der Waals surface area contributed by atoms with Crippen LogP contribution in [0.4, 0.5) is 5.69 Å². The Morgan fingerprint density at radius 3 is 1.13 bits per heavy atom. The number of aromatic nitrogens is 4. The van der Waals surface area contributed by atoms with Crippen LogP contribution in [0.2, 0.25) is 0 Å². The van der Waals surface area contributed by atoms with Gasteiger partial charge in [-0.1, -0.05) is 53.7 Å². The van der Waals surface area contributed by atoms with Crippen molar-refractivity contribution in [2.75, 3.05) is 0 Å². The second kappa shape index (κ2) is 11.5. The third kappa shape index (κ3) is 4.30. The summed E-state index contributed by atoms with van der Waals surface area (Å²) in [6, 6.07) is 25.1. The van der Waals surface area contributed by atoms with E-state index in [4.69, 9.17) is 0 Å². The highest BCUT2D eigenvalue weighted by Crippen LogP contribution is 2.47. The summed E-state index contributed by atoms with van der Waals surface area (Å²) in [7, 11) is 0. The van der Waals surface area contributed by atoms with Gasteiger partial charge in [0, 0.05) is 73.9 Å². The molecular formula is C39H49N5O2. The molecule has 4 N–H and O–H groups in total. The maximum absolute atomic E-state index is 11.9. The van der Waals surface area contributed by atoms with Crippen molar-refractivity contribution in [3.63, 3.8) is 0 Å². The lowest BCUT2D eigenvalue weighted by molar-refractivity contribution is -0.384. The van der Waals surface area contributed by atoms with Crippen molar-refractivity contribution < 1.29 is 4.92 Å². The Hall–Kier alpha value is -4.26. The van der Waals surface area contributed by atoms with E-state index in [0.29, 0.717) is 0 Å². The maximum Gasteiger partial charge on any atom is 0.269 e. The van der Waals surface area contributed by atoms with Gasteiger partial charge in [-0.25, -0.2) is 0 Å². The Bertz CT molecular complexity index is 1740. The Balaban J connectivity index is 1.70. The molecule has 1 aliphatic rings. The monoisotopic (exact) mass is 619 g/mol. The predicted octanol–water partition coefficient (Wildman–Crippen LogP) is 9.89. The number of nitrogens with one attached hydrogen (secondary N) is 4. The minimum absolute atomic E-state index is 0.0884. The van der Waals surface area contributed by atoms with E-state index >= 15 is 0 Å². The summed E-state index contributed by atoms with van der Waals surface area (Å²) in [6.45, 7) is 15.8. The first-order chi connectivity index (χ1) is 22.1. The van der Waals surface area contributed by atoms with Crippen LogP contribution < -0.4 is 0 Å². The van der Waals surface area contributed by atoms with Crippen molar-refractivity contribution in [2.45, 2.75) is 109 Å². The van der Waals surface area contributed by atoms with Crippen LogP contribution in [-0.2, 0) is 21.7 Å². The lowest BCUT2D eigenvalue weighted by Gasteiger charge is -2.35. The molecular weight excluding hydrogens is 570 g/mol. The fourth-order valence-corrected chi connectivity index (χ4v) is 8.70. The first-order valence-electron chi connectivity index (χ1n) is 17.2. The van der Waals surface area contributed by atoms with Crippen LogP contribution in [0.1, 0.15) is 138 Å². The van der Waals surface area contributed by atoms with Crippen LogP contribution in [0.15, 0.2) is 72.8 Å². The zero-order valence-electron chi connectivity index (χ0n) is 28.4.